The standard InChI is InChI=1S/C19H24N2O2S/c1-13(2)18(14-5-9-16(22-3)10-6-14)21-19(24)20-15-7-11-17(23-4)12-8-15/h5-13,18H,1-4H3,(H2,20,21,24)/t18-/m0/s1. The zero-order chi connectivity index (χ0) is 17.5. The van der Waals surface area contributed by atoms with E-state index in [-0.39, 0.29) is 6.04 Å². The highest BCUT2D eigenvalue weighted by molar-refractivity contribution is 7.80. The zero-order valence-corrected chi connectivity index (χ0v) is 15.3. The highest BCUT2D eigenvalue weighted by Gasteiger charge is 2.17. The normalized spacial score (nSPS) is 11.7. The van der Waals surface area contributed by atoms with Crippen molar-refractivity contribution >= 4 is 23.0 Å². The second-order valence-corrected chi connectivity index (χ2v) is 6.23. The molecule has 2 aromatic rings. The van der Waals surface area contributed by atoms with Gasteiger partial charge in [0.25, 0.3) is 0 Å². The predicted molar refractivity (Wildman–Crippen MR) is 103 cm³/mol. The van der Waals surface area contributed by atoms with Crippen LogP contribution in [0.1, 0.15) is 25.5 Å². The molecule has 0 radical (unpaired) electrons. The number of rotatable bonds is 6. The summed E-state index contributed by atoms with van der Waals surface area (Å²) >= 11 is 5.46. The number of hydrogen-bond acceptors (Lipinski definition) is 3. The van der Waals surface area contributed by atoms with Crippen LogP contribution in [0.25, 0.3) is 0 Å². The van der Waals surface area contributed by atoms with Crippen LogP contribution in [0.2, 0.25) is 0 Å². The Bertz CT molecular complexity index is 654. The summed E-state index contributed by atoms with van der Waals surface area (Å²) < 4.78 is 10.4. The summed E-state index contributed by atoms with van der Waals surface area (Å²) in [5.41, 5.74) is 2.09. The summed E-state index contributed by atoms with van der Waals surface area (Å²) in [7, 11) is 3.32. The van der Waals surface area contributed by atoms with Gasteiger partial charge in [-0.3, -0.25) is 0 Å². The van der Waals surface area contributed by atoms with Gasteiger partial charge in [-0.2, -0.15) is 0 Å². The van der Waals surface area contributed by atoms with Crippen LogP contribution >= 0.6 is 12.2 Å². The summed E-state index contributed by atoms with van der Waals surface area (Å²) in [5.74, 6) is 2.05. The molecule has 0 aliphatic heterocycles. The lowest BCUT2D eigenvalue weighted by atomic mass is 9.96. The Morgan fingerprint density at radius 3 is 1.83 bits per heavy atom. The highest BCUT2D eigenvalue weighted by atomic mass is 32.1. The third-order valence-electron chi connectivity index (χ3n) is 3.78. The molecule has 4 nitrogen and oxygen atoms in total. The van der Waals surface area contributed by atoms with E-state index in [0.29, 0.717) is 11.0 Å². The number of nitrogens with one attached hydrogen (secondary N) is 2. The van der Waals surface area contributed by atoms with E-state index >= 15 is 0 Å². The second-order valence-electron chi connectivity index (χ2n) is 5.82. The molecule has 0 aromatic heterocycles. The van der Waals surface area contributed by atoms with E-state index in [1.54, 1.807) is 14.2 Å². The summed E-state index contributed by atoms with van der Waals surface area (Å²) in [5, 5.41) is 7.20. The maximum atomic E-state index is 5.46. The quantitative estimate of drug-likeness (QED) is 0.761. The van der Waals surface area contributed by atoms with Gasteiger partial charge in [0, 0.05) is 5.69 Å². The molecule has 0 spiro atoms. The molecule has 0 aliphatic rings. The van der Waals surface area contributed by atoms with Crippen molar-refractivity contribution in [2.45, 2.75) is 19.9 Å². The van der Waals surface area contributed by atoms with E-state index in [1.807, 2.05) is 36.4 Å². The molecule has 2 rings (SSSR count). The summed E-state index contributed by atoms with van der Waals surface area (Å²) in [6.45, 7) is 4.33. The van der Waals surface area contributed by atoms with Crippen LogP contribution in [-0.4, -0.2) is 19.3 Å². The maximum absolute atomic E-state index is 5.46. The number of anilines is 1. The number of methoxy groups -OCH3 is 2. The van der Waals surface area contributed by atoms with Gasteiger partial charge in [0.1, 0.15) is 11.5 Å². The molecule has 0 saturated carbocycles. The number of thiocarbonyl (C=S) groups is 1. The lowest BCUT2D eigenvalue weighted by Gasteiger charge is -2.25. The fourth-order valence-corrected chi connectivity index (χ4v) is 2.67. The van der Waals surface area contributed by atoms with Crippen molar-refractivity contribution in [2.24, 2.45) is 5.92 Å². The first kappa shape index (κ1) is 18.1. The topological polar surface area (TPSA) is 42.5 Å². The van der Waals surface area contributed by atoms with Crippen molar-refractivity contribution in [3.8, 4) is 11.5 Å². The Labute approximate surface area is 149 Å². The minimum absolute atomic E-state index is 0.120. The third kappa shape index (κ3) is 4.86. The fourth-order valence-electron chi connectivity index (χ4n) is 2.43. The average Bonchev–Trinajstić information content (AvgIpc) is 2.60. The van der Waals surface area contributed by atoms with Gasteiger partial charge in [0.05, 0.1) is 20.3 Å². The van der Waals surface area contributed by atoms with Gasteiger partial charge in [0.15, 0.2) is 5.11 Å². The molecule has 0 fully saturated rings. The van der Waals surface area contributed by atoms with Crippen LogP contribution in [0.15, 0.2) is 48.5 Å². The Hall–Kier alpha value is -2.27. The molecule has 0 unspecified atom stereocenters. The van der Waals surface area contributed by atoms with Gasteiger partial charge in [-0.05, 0) is 60.1 Å². The van der Waals surface area contributed by atoms with Crippen molar-refractivity contribution in [1.29, 1.82) is 0 Å². The minimum atomic E-state index is 0.120. The van der Waals surface area contributed by atoms with Gasteiger partial charge in [-0.25, -0.2) is 0 Å². The largest absolute Gasteiger partial charge is 0.497 e. The van der Waals surface area contributed by atoms with E-state index in [9.17, 15) is 0 Å². The summed E-state index contributed by atoms with van der Waals surface area (Å²) in [4.78, 5) is 0. The van der Waals surface area contributed by atoms with Crippen molar-refractivity contribution in [2.75, 3.05) is 19.5 Å². The Kier molecular flexibility index (Phi) is 6.44. The van der Waals surface area contributed by atoms with Crippen molar-refractivity contribution in [1.82, 2.24) is 5.32 Å². The fraction of sp³-hybridized carbons (Fsp3) is 0.316. The molecule has 2 N–H and O–H groups in total. The van der Waals surface area contributed by atoms with Gasteiger partial charge in [-0.1, -0.05) is 26.0 Å². The second kappa shape index (κ2) is 8.55. The van der Waals surface area contributed by atoms with E-state index in [1.165, 1.54) is 5.56 Å². The van der Waals surface area contributed by atoms with Gasteiger partial charge < -0.3 is 20.1 Å². The Morgan fingerprint density at radius 2 is 1.38 bits per heavy atom. The SMILES string of the molecule is COc1ccc(NC(=S)N[C@H](c2ccc(OC)cc2)C(C)C)cc1. The predicted octanol–water partition coefficient (Wildman–Crippen LogP) is 4.39. The van der Waals surface area contributed by atoms with Gasteiger partial charge >= 0.3 is 0 Å². The monoisotopic (exact) mass is 344 g/mol. The molecule has 0 heterocycles. The molecular weight excluding hydrogens is 320 g/mol. The molecule has 24 heavy (non-hydrogen) atoms. The molecule has 2 aromatic carbocycles. The summed E-state index contributed by atoms with van der Waals surface area (Å²) in [6, 6.07) is 15.8. The van der Waals surface area contributed by atoms with Gasteiger partial charge in [-0.15, -0.1) is 0 Å². The molecule has 0 amide bonds. The summed E-state index contributed by atoms with van der Waals surface area (Å²) in [6.07, 6.45) is 0. The smallest absolute Gasteiger partial charge is 0.171 e. The number of benzene rings is 2. The first-order valence-electron chi connectivity index (χ1n) is 7.89. The van der Waals surface area contributed by atoms with Crippen molar-refractivity contribution in [3.05, 3.63) is 54.1 Å². The first-order chi connectivity index (χ1) is 11.5. The highest BCUT2D eigenvalue weighted by Crippen LogP contribution is 2.24. The molecule has 1 atom stereocenters. The minimum Gasteiger partial charge on any atom is -0.497 e. The number of hydrogen-bond donors (Lipinski definition) is 2. The van der Waals surface area contributed by atoms with Crippen LogP contribution in [0.5, 0.6) is 11.5 Å². The molecule has 128 valence electrons. The Morgan fingerprint density at radius 1 is 0.875 bits per heavy atom. The average molecular weight is 344 g/mol. The third-order valence-corrected chi connectivity index (χ3v) is 4.00. The van der Waals surface area contributed by atoms with Gasteiger partial charge in [0.2, 0.25) is 0 Å². The first-order valence-corrected chi connectivity index (χ1v) is 8.30. The molecular formula is C19H24N2O2S. The zero-order valence-electron chi connectivity index (χ0n) is 14.5. The van der Waals surface area contributed by atoms with Crippen LogP contribution < -0.4 is 20.1 Å². The molecule has 0 bridgehead atoms. The molecule has 5 heteroatoms. The van der Waals surface area contributed by atoms with E-state index in [0.717, 1.165) is 17.2 Å². The Balaban J connectivity index is 2.04. The van der Waals surface area contributed by atoms with Crippen LogP contribution in [-0.2, 0) is 0 Å². The lowest BCUT2D eigenvalue weighted by molar-refractivity contribution is 0.413. The molecule has 0 aliphatic carbocycles. The van der Waals surface area contributed by atoms with E-state index in [4.69, 9.17) is 21.7 Å². The van der Waals surface area contributed by atoms with Crippen molar-refractivity contribution in [3.63, 3.8) is 0 Å². The van der Waals surface area contributed by atoms with E-state index < -0.39 is 0 Å². The maximum Gasteiger partial charge on any atom is 0.171 e. The van der Waals surface area contributed by atoms with Crippen LogP contribution in [0.3, 0.4) is 0 Å². The lowest BCUT2D eigenvalue weighted by Crippen LogP contribution is -2.34. The molecule has 0 saturated heterocycles. The van der Waals surface area contributed by atoms with Crippen molar-refractivity contribution < 1.29 is 9.47 Å². The van der Waals surface area contributed by atoms with Crippen LogP contribution in [0, 0.1) is 5.92 Å². The number of ether oxygens (including phenoxy) is 2. The van der Waals surface area contributed by atoms with Crippen LogP contribution in [0.4, 0.5) is 5.69 Å². The van der Waals surface area contributed by atoms with E-state index in [2.05, 4.69) is 36.6 Å².